The Morgan fingerprint density at radius 3 is 1.45 bits per heavy atom. The van der Waals surface area contributed by atoms with Gasteiger partial charge in [0.15, 0.2) is 0 Å². The lowest BCUT2D eigenvalue weighted by Crippen LogP contribution is -1.98. The summed E-state index contributed by atoms with van der Waals surface area (Å²) < 4.78 is 0. The summed E-state index contributed by atoms with van der Waals surface area (Å²) in [6.07, 6.45) is 1.34. The second-order valence-corrected chi connectivity index (χ2v) is 2.51. The Hall–Kier alpha value is -0.585. The van der Waals surface area contributed by atoms with Crippen molar-refractivity contribution in [2.75, 3.05) is 0 Å². The normalized spacial score (nSPS) is 7.36. The van der Waals surface area contributed by atoms with Crippen molar-refractivity contribution >= 4 is 22.0 Å². The number of rotatable bonds is 2. The zero-order chi connectivity index (χ0) is 8.36. The summed E-state index contributed by atoms with van der Waals surface area (Å²) in [4.78, 5) is 0. The smallest absolute Gasteiger partial charge is 0.0776 e. The molecule has 0 saturated heterocycles. The van der Waals surface area contributed by atoms with Crippen LogP contribution in [0.1, 0.15) is 6.92 Å². The number of benzene rings is 1. The fourth-order valence-electron chi connectivity index (χ4n) is 0.738. The van der Waals surface area contributed by atoms with Crippen LogP contribution in [0, 0.1) is 0 Å². The average molecular weight is 144 g/mol. The minimum atomic E-state index is 1.34. The van der Waals surface area contributed by atoms with E-state index in [1.165, 1.54) is 20.6 Å². The lowest BCUT2D eigenvalue weighted by atomic mass is 9.27. The highest BCUT2D eigenvalue weighted by molar-refractivity contribution is 7.23. The van der Waals surface area contributed by atoms with Gasteiger partial charge >= 0.3 is 0 Å². The molecule has 0 aliphatic rings. The summed E-state index contributed by atoms with van der Waals surface area (Å²) in [7, 11) is 4.94. The third-order valence-corrected chi connectivity index (χ3v) is 1.37. The SMILES string of the molecule is BBBCC.c1ccccc1. The van der Waals surface area contributed by atoms with Gasteiger partial charge in [-0.1, -0.05) is 49.6 Å². The summed E-state index contributed by atoms with van der Waals surface area (Å²) in [5.41, 5.74) is 0. The molecule has 1 aromatic rings. The quantitative estimate of drug-likeness (QED) is 0.528. The Morgan fingerprint density at radius 2 is 1.36 bits per heavy atom. The fraction of sp³-hybridized carbons (Fsp3) is 0.250. The highest BCUT2D eigenvalue weighted by Crippen LogP contribution is 1.79. The molecule has 0 aliphatic carbocycles. The lowest BCUT2D eigenvalue weighted by molar-refractivity contribution is 1.47. The predicted octanol–water partition coefficient (Wildman–Crippen LogP) is 0.447. The van der Waals surface area contributed by atoms with Crippen LogP contribution in [0.25, 0.3) is 0 Å². The minimum Gasteiger partial charge on any atom is -0.0881 e. The summed E-state index contributed by atoms with van der Waals surface area (Å²) in [6.45, 7) is 2.21. The van der Waals surface area contributed by atoms with Crippen molar-refractivity contribution in [1.29, 1.82) is 0 Å². The topological polar surface area (TPSA) is 0 Å². The molecular weight excluding hydrogens is 129 g/mol. The van der Waals surface area contributed by atoms with Gasteiger partial charge in [0.2, 0.25) is 0 Å². The van der Waals surface area contributed by atoms with Crippen molar-refractivity contribution < 1.29 is 0 Å². The average Bonchev–Trinajstić information content (AvgIpc) is 2.10. The zero-order valence-electron chi connectivity index (χ0n) is 7.59. The second-order valence-electron chi connectivity index (χ2n) is 2.51. The molecule has 0 fully saturated rings. The number of hydrogen-bond acceptors (Lipinski definition) is 0. The van der Waals surface area contributed by atoms with Gasteiger partial charge in [0, 0.05) is 0 Å². The van der Waals surface area contributed by atoms with E-state index in [4.69, 9.17) is 0 Å². The van der Waals surface area contributed by atoms with Crippen molar-refractivity contribution in [3.8, 4) is 0 Å². The highest BCUT2D eigenvalue weighted by atomic mass is 13.6. The molecule has 0 atom stereocenters. The van der Waals surface area contributed by atoms with Crippen LogP contribution < -0.4 is 0 Å². The lowest BCUT2D eigenvalue weighted by Gasteiger charge is -1.72. The van der Waals surface area contributed by atoms with E-state index in [1.54, 1.807) is 0 Å². The van der Waals surface area contributed by atoms with E-state index >= 15 is 0 Å². The van der Waals surface area contributed by atoms with E-state index in [2.05, 4.69) is 14.7 Å². The van der Waals surface area contributed by atoms with Crippen LogP contribution >= 0.6 is 0 Å². The Morgan fingerprint density at radius 1 is 1.00 bits per heavy atom. The highest BCUT2D eigenvalue weighted by Gasteiger charge is 1.75. The van der Waals surface area contributed by atoms with E-state index in [-0.39, 0.29) is 0 Å². The van der Waals surface area contributed by atoms with Crippen molar-refractivity contribution in [2.24, 2.45) is 0 Å². The van der Waals surface area contributed by atoms with E-state index in [9.17, 15) is 0 Å². The zero-order valence-corrected chi connectivity index (χ0v) is 7.59. The Bertz CT molecular complexity index is 113. The van der Waals surface area contributed by atoms with Crippen LogP contribution in [0.2, 0.25) is 6.32 Å². The van der Waals surface area contributed by atoms with Gasteiger partial charge in [-0.3, -0.25) is 0 Å². The monoisotopic (exact) mass is 144 g/mol. The molecule has 0 radical (unpaired) electrons. The fourth-order valence-corrected chi connectivity index (χ4v) is 0.738. The molecular formula is C8H15B3. The molecule has 0 bridgehead atoms. The summed E-state index contributed by atoms with van der Waals surface area (Å²) in [5.74, 6) is 0. The maximum Gasteiger partial charge on any atom is 0.0776 e. The van der Waals surface area contributed by atoms with E-state index in [0.717, 1.165) is 0 Å². The van der Waals surface area contributed by atoms with Gasteiger partial charge in [-0.25, -0.2) is 0 Å². The molecule has 0 heterocycles. The molecule has 0 aromatic heterocycles. The Balaban J connectivity index is 0.000000187. The standard InChI is InChI=1S/C6H6.C2H9B3/c1-2-4-6-5-3-1;1-2-4-5-3/h1-6H;4-5H,2-3H2,1H3. The van der Waals surface area contributed by atoms with Crippen molar-refractivity contribution in [1.82, 2.24) is 0 Å². The second kappa shape index (κ2) is 9.41. The first-order chi connectivity index (χ1) is 5.41. The molecule has 0 spiro atoms. The van der Waals surface area contributed by atoms with Crippen LogP contribution in [-0.4, -0.2) is 22.0 Å². The van der Waals surface area contributed by atoms with Gasteiger partial charge in [-0.15, -0.1) is 0 Å². The van der Waals surface area contributed by atoms with Gasteiger partial charge in [0.05, 0.1) is 22.0 Å². The van der Waals surface area contributed by atoms with Gasteiger partial charge in [0.25, 0.3) is 0 Å². The first-order valence-corrected chi connectivity index (χ1v) is 4.41. The molecule has 56 valence electrons. The van der Waals surface area contributed by atoms with Crippen LogP contribution in [0.5, 0.6) is 0 Å². The third kappa shape index (κ3) is 9.41. The molecule has 11 heavy (non-hydrogen) atoms. The van der Waals surface area contributed by atoms with Gasteiger partial charge in [-0.05, 0) is 0 Å². The molecule has 0 aliphatic heterocycles. The van der Waals surface area contributed by atoms with Crippen LogP contribution in [0.4, 0.5) is 0 Å². The van der Waals surface area contributed by atoms with Gasteiger partial charge in [0.1, 0.15) is 0 Å². The van der Waals surface area contributed by atoms with Crippen molar-refractivity contribution in [3.63, 3.8) is 0 Å². The van der Waals surface area contributed by atoms with Crippen molar-refractivity contribution in [3.05, 3.63) is 36.4 Å². The molecule has 1 aromatic carbocycles. The Labute approximate surface area is 72.3 Å². The van der Waals surface area contributed by atoms with Crippen LogP contribution in [0.15, 0.2) is 36.4 Å². The van der Waals surface area contributed by atoms with E-state index in [1.807, 2.05) is 36.4 Å². The molecule has 1 rings (SSSR count). The maximum absolute atomic E-state index is 2.21. The van der Waals surface area contributed by atoms with Crippen molar-refractivity contribution in [2.45, 2.75) is 13.2 Å². The number of hydrogen-bond donors (Lipinski definition) is 0. The minimum absolute atomic E-state index is 1.34. The van der Waals surface area contributed by atoms with E-state index in [0.29, 0.717) is 0 Å². The largest absolute Gasteiger partial charge is 0.0881 e. The first kappa shape index (κ1) is 10.4. The first-order valence-electron chi connectivity index (χ1n) is 4.41. The van der Waals surface area contributed by atoms with Gasteiger partial charge in [-0.2, -0.15) is 0 Å². The summed E-state index contributed by atoms with van der Waals surface area (Å²) >= 11 is 0. The molecule has 0 nitrogen and oxygen atoms in total. The molecule has 0 N–H and O–H groups in total. The molecule has 3 heteroatoms. The van der Waals surface area contributed by atoms with Crippen LogP contribution in [0.3, 0.4) is 0 Å². The summed E-state index contributed by atoms with van der Waals surface area (Å²) in [6, 6.07) is 12.0. The predicted molar refractivity (Wildman–Crippen MR) is 59.8 cm³/mol. The van der Waals surface area contributed by atoms with Gasteiger partial charge < -0.3 is 0 Å². The Kier molecular flexibility index (Phi) is 8.91. The molecule has 0 saturated carbocycles. The van der Waals surface area contributed by atoms with E-state index < -0.39 is 0 Å². The third-order valence-electron chi connectivity index (χ3n) is 1.37. The molecule has 0 amide bonds. The summed E-state index contributed by atoms with van der Waals surface area (Å²) in [5, 5.41) is 0. The molecule has 0 unspecified atom stereocenters. The van der Waals surface area contributed by atoms with Crippen LogP contribution in [-0.2, 0) is 0 Å². The maximum atomic E-state index is 2.21.